The van der Waals surface area contributed by atoms with E-state index in [-0.39, 0.29) is 16.6 Å². The summed E-state index contributed by atoms with van der Waals surface area (Å²) in [7, 11) is 0. The summed E-state index contributed by atoms with van der Waals surface area (Å²) in [5, 5.41) is 10.3. The first-order chi connectivity index (χ1) is 6.45. The first-order valence-corrected chi connectivity index (χ1v) is 5.66. The van der Waals surface area contributed by atoms with Gasteiger partial charge in [0, 0.05) is 6.42 Å². The molecule has 2 rings (SSSR count). The van der Waals surface area contributed by atoms with Crippen molar-refractivity contribution in [1.82, 2.24) is 0 Å². The van der Waals surface area contributed by atoms with E-state index in [1.807, 2.05) is 6.92 Å². The fourth-order valence-corrected chi connectivity index (χ4v) is 3.65. The number of carbonyl (C=O) groups is 1. The second kappa shape index (κ2) is 2.82. The van der Waals surface area contributed by atoms with E-state index in [0.717, 1.165) is 19.3 Å². The lowest BCUT2D eigenvalue weighted by Crippen LogP contribution is -2.45. The molecule has 80 valence electrons. The number of carbonyl (C=O) groups excluding carboxylic acids is 1. The summed E-state index contributed by atoms with van der Waals surface area (Å²) in [5.41, 5.74) is -0.425. The Morgan fingerprint density at radius 2 is 2.14 bits per heavy atom. The van der Waals surface area contributed by atoms with Gasteiger partial charge in [-0.3, -0.25) is 4.79 Å². The van der Waals surface area contributed by atoms with Crippen molar-refractivity contribution in [1.29, 1.82) is 0 Å². The molecule has 0 aromatic rings. The number of rotatable bonds is 2. The molecule has 3 unspecified atom stereocenters. The van der Waals surface area contributed by atoms with Crippen LogP contribution in [-0.2, 0) is 4.79 Å². The monoisotopic (exact) mass is 196 g/mol. The van der Waals surface area contributed by atoms with Crippen molar-refractivity contribution in [2.75, 3.05) is 0 Å². The number of aliphatic hydroxyl groups excluding tert-OH is 1. The Bertz CT molecular complexity index is 269. The summed E-state index contributed by atoms with van der Waals surface area (Å²) >= 11 is 0. The molecule has 2 aliphatic rings. The summed E-state index contributed by atoms with van der Waals surface area (Å²) in [5.74, 6) is 0.825. The standard InChI is InChI=1S/C12H20O2/c1-4-9(13)12-6-5-8(7-12)11(2,3)10(12)14/h8,10,14H,4-7H2,1-3H3. The van der Waals surface area contributed by atoms with E-state index in [2.05, 4.69) is 13.8 Å². The van der Waals surface area contributed by atoms with Gasteiger partial charge in [-0.05, 0) is 30.6 Å². The zero-order valence-electron chi connectivity index (χ0n) is 9.34. The van der Waals surface area contributed by atoms with E-state index in [4.69, 9.17) is 0 Å². The van der Waals surface area contributed by atoms with Crippen LogP contribution in [0.1, 0.15) is 46.5 Å². The Kier molecular flexibility index (Phi) is 2.04. The number of Topliss-reactive ketones (excluding diaryl/α,β-unsaturated/α-hetero) is 1. The molecule has 0 amide bonds. The van der Waals surface area contributed by atoms with Crippen LogP contribution in [0.4, 0.5) is 0 Å². The van der Waals surface area contributed by atoms with Crippen molar-refractivity contribution >= 4 is 5.78 Å². The molecule has 0 saturated heterocycles. The molecule has 0 spiro atoms. The van der Waals surface area contributed by atoms with E-state index >= 15 is 0 Å². The van der Waals surface area contributed by atoms with Crippen molar-refractivity contribution in [3.05, 3.63) is 0 Å². The van der Waals surface area contributed by atoms with E-state index < -0.39 is 6.10 Å². The highest BCUT2D eigenvalue weighted by atomic mass is 16.3. The fraction of sp³-hybridized carbons (Fsp3) is 0.917. The molecule has 0 radical (unpaired) electrons. The lowest BCUT2D eigenvalue weighted by Gasteiger charge is -2.39. The number of fused-ring (bicyclic) bond motifs is 2. The van der Waals surface area contributed by atoms with E-state index in [0.29, 0.717) is 12.3 Å². The summed E-state index contributed by atoms with van der Waals surface area (Å²) < 4.78 is 0. The molecule has 2 nitrogen and oxygen atoms in total. The first-order valence-electron chi connectivity index (χ1n) is 5.66. The highest BCUT2D eigenvalue weighted by Crippen LogP contribution is 2.63. The topological polar surface area (TPSA) is 37.3 Å². The summed E-state index contributed by atoms with van der Waals surface area (Å²) in [4.78, 5) is 11.9. The minimum absolute atomic E-state index is 0.0525. The Morgan fingerprint density at radius 3 is 2.57 bits per heavy atom. The Balaban J connectivity index is 2.35. The van der Waals surface area contributed by atoms with Gasteiger partial charge in [0.25, 0.3) is 0 Å². The van der Waals surface area contributed by atoms with Gasteiger partial charge < -0.3 is 5.11 Å². The van der Waals surface area contributed by atoms with Crippen LogP contribution in [-0.4, -0.2) is 17.0 Å². The SMILES string of the molecule is CCC(=O)C12CCC(C1)C(C)(C)C2O. The molecular formula is C12H20O2. The zero-order chi connectivity index (χ0) is 10.6. The smallest absolute Gasteiger partial charge is 0.141 e. The molecule has 0 aromatic heterocycles. The number of hydrogen-bond acceptors (Lipinski definition) is 2. The quantitative estimate of drug-likeness (QED) is 0.734. The van der Waals surface area contributed by atoms with Gasteiger partial charge >= 0.3 is 0 Å². The maximum atomic E-state index is 11.9. The van der Waals surface area contributed by atoms with E-state index in [1.165, 1.54) is 0 Å². The van der Waals surface area contributed by atoms with Gasteiger partial charge in [-0.1, -0.05) is 20.8 Å². The van der Waals surface area contributed by atoms with Gasteiger partial charge in [0.15, 0.2) is 0 Å². The van der Waals surface area contributed by atoms with Crippen molar-refractivity contribution < 1.29 is 9.90 Å². The maximum Gasteiger partial charge on any atom is 0.141 e. The molecule has 14 heavy (non-hydrogen) atoms. The van der Waals surface area contributed by atoms with Crippen molar-refractivity contribution in [2.45, 2.75) is 52.6 Å². The minimum atomic E-state index is -0.416. The summed E-state index contributed by atoms with van der Waals surface area (Å²) in [6, 6.07) is 0. The predicted octanol–water partition coefficient (Wildman–Crippen LogP) is 2.15. The van der Waals surface area contributed by atoms with Gasteiger partial charge in [-0.15, -0.1) is 0 Å². The predicted molar refractivity (Wildman–Crippen MR) is 54.9 cm³/mol. The third-order valence-corrected chi connectivity index (χ3v) is 4.71. The lowest BCUT2D eigenvalue weighted by atomic mass is 9.67. The third kappa shape index (κ3) is 0.979. The van der Waals surface area contributed by atoms with E-state index in [9.17, 15) is 9.90 Å². The highest BCUT2D eigenvalue weighted by molar-refractivity contribution is 5.86. The molecule has 0 aliphatic heterocycles. The maximum absolute atomic E-state index is 11.9. The van der Waals surface area contributed by atoms with Crippen LogP contribution < -0.4 is 0 Å². The molecule has 2 bridgehead atoms. The molecule has 1 N–H and O–H groups in total. The van der Waals surface area contributed by atoms with Crippen LogP contribution in [0.3, 0.4) is 0 Å². The molecule has 2 saturated carbocycles. The van der Waals surface area contributed by atoms with Crippen molar-refractivity contribution in [2.24, 2.45) is 16.7 Å². The first kappa shape index (κ1) is 10.2. The number of hydrogen-bond donors (Lipinski definition) is 1. The number of aliphatic hydroxyl groups is 1. The Morgan fingerprint density at radius 1 is 1.50 bits per heavy atom. The van der Waals surface area contributed by atoms with Crippen LogP contribution in [0, 0.1) is 16.7 Å². The van der Waals surface area contributed by atoms with Crippen LogP contribution >= 0.6 is 0 Å². The van der Waals surface area contributed by atoms with Gasteiger partial charge in [-0.2, -0.15) is 0 Å². The second-order valence-electron chi connectivity index (χ2n) is 5.60. The number of ketones is 1. The average molecular weight is 196 g/mol. The van der Waals surface area contributed by atoms with Crippen molar-refractivity contribution in [3.63, 3.8) is 0 Å². The average Bonchev–Trinajstić information content (AvgIpc) is 2.66. The molecule has 2 aliphatic carbocycles. The fourth-order valence-electron chi connectivity index (χ4n) is 3.65. The molecule has 3 atom stereocenters. The molecular weight excluding hydrogens is 176 g/mol. The van der Waals surface area contributed by atoms with Crippen LogP contribution in [0.15, 0.2) is 0 Å². The van der Waals surface area contributed by atoms with Crippen molar-refractivity contribution in [3.8, 4) is 0 Å². The van der Waals surface area contributed by atoms with Crippen LogP contribution in [0.2, 0.25) is 0 Å². The summed E-state index contributed by atoms with van der Waals surface area (Å²) in [6.07, 6.45) is 3.11. The highest BCUT2D eigenvalue weighted by Gasteiger charge is 2.63. The Labute approximate surface area is 85.7 Å². The van der Waals surface area contributed by atoms with Gasteiger partial charge in [0.1, 0.15) is 5.78 Å². The van der Waals surface area contributed by atoms with Gasteiger partial charge in [-0.25, -0.2) is 0 Å². The second-order valence-corrected chi connectivity index (χ2v) is 5.60. The molecule has 2 heteroatoms. The molecule has 0 heterocycles. The minimum Gasteiger partial charge on any atom is -0.392 e. The van der Waals surface area contributed by atoms with E-state index in [1.54, 1.807) is 0 Å². The zero-order valence-corrected chi connectivity index (χ0v) is 9.34. The molecule has 0 aromatic carbocycles. The third-order valence-electron chi connectivity index (χ3n) is 4.71. The van der Waals surface area contributed by atoms with Gasteiger partial charge in [0.2, 0.25) is 0 Å². The van der Waals surface area contributed by atoms with Gasteiger partial charge in [0.05, 0.1) is 11.5 Å². The summed E-state index contributed by atoms with van der Waals surface area (Å²) in [6.45, 7) is 6.11. The van der Waals surface area contributed by atoms with Crippen LogP contribution in [0.5, 0.6) is 0 Å². The largest absolute Gasteiger partial charge is 0.392 e. The lowest BCUT2D eigenvalue weighted by molar-refractivity contribution is -0.138. The van der Waals surface area contributed by atoms with Crippen LogP contribution in [0.25, 0.3) is 0 Å². The normalized spacial score (nSPS) is 44.3. The Hall–Kier alpha value is -0.370. The molecule has 2 fully saturated rings.